The molecule has 0 saturated heterocycles. The van der Waals surface area contributed by atoms with Gasteiger partial charge in [0.2, 0.25) is 5.91 Å². The highest BCUT2D eigenvalue weighted by atomic mass is 19.1. The van der Waals surface area contributed by atoms with Crippen molar-refractivity contribution in [3.05, 3.63) is 35.6 Å². The number of halogens is 1. The summed E-state index contributed by atoms with van der Waals surface area (Å²) in [6.07, 6.45) is 2.01. The zero-order chi connectivity index (χ0) is 13.2. The molecule has 2 rings (SSSR count). The minimum Gasteiger partial charge on any atom is -0.344 e. The molecular weight excluding hydrogens is 231 g/mol. The van der Waals surface area contributed by atoms with Crippen LogP contribution in [0.15, 0.2) is 24.3 Å². The summed E-state index contributed by atoms with van der Waals surface area (Å²) in [7, 11) is 1.71. The van der Waals surface area contributed by atoms with E-state index in [-0.39, 0.29) is 11.7 Å². The van der Waals surface area contributed by atoms with E-state index in [1.807, 2.05) is 0 Å². The number of benzene rings is 1. The Bertz CT molecular complexity index is 486. The van der Waals surface area contributed by atoms with Crippen LogP contribution >= 0.6 is 0 Å². The fourth-order valence-corrected chi connectivity index (χ4v) is 1.91. The molecule has 0 spiro atoms. The van der Waals surface area contributed by atoms with E-state index in [1.54, 1.807) is 24.1 Å². The van der Waals surface area contributed by atoms with Crippen molar-refractivity contribution in [3.63, 3.8) is 0 Å². The molecule has 0 radical (unpaired) electrons. The molecule has 18 heavy (non-hydrogen) atoms. The number of hydrogen-bond donors (Lipinski definition) is 0. The summed E-state index contributed by atoms with van der Waals surface area (Å²) < 4.78 is 12.7. The van der Waals surface area contributed by atoms with Crippen molar-refractivity contribution in [2.75, 3.05) is 13.6 Å². The van der Waals surface area contributed by atoms with Crippen LogP contribution in [0.3, 0.4) is 0 Å². The van der Waals surface area contributed by atoms with Gasteiger partial charge in [0.25, 0.3) is 0 Å². The van der Waals surface area contributed by atoms with Crippen molar-refractivity contribution in [3.8, 4) is 6.07 Å². The van der Waals surface area contributed by atoms with Gasteiger partial charge in [-0.25, -0.2) is 4.39 Å². The first kappa shape index (κ1) is 12.6. The molecule has 0 bridgehead atoms. The molecule has 94 valence electrons. The largest absolute Gasteiger partial charge is 0.344 e. The molecule has 1 aromatic rings. The Hall–Kier alpha value is -1.89. The molecule has 1 aromatic carbocycles. The van der Waals surface area contributed by atoms with Crippen LogP contribution in [0.1, 0.15) is 18.4 Å². The van der Waals surface area contributed by atoms with E-state index in [0.717, 1.165) is 5.56 Å². The summed E-state index contributed by atoms with van der Waals surface area (Å²) in [5.74, 6) is -0.350. The van der Waals surface area contributed by atoms with E-state index in [9.17, 15) is 9.18 Å². The molecule has 0 N–H and O–H groups in total. The van der Waals surface area contributed by atoms with E-state index < -0.39 is 5.41 Å². The fraction of sp³-hybridized carbons (Fsp3) is 0.429. The Labute approximate surface area is 106 Å². The molecule has 1 aliphatic rings. The topological polar surface area (TPSA) is 44.1 Å². The highest BCUT2D eigenvalue weighted by molar-refractivity contribution is 5.88. The van der Waals surface area contributed by atoms with E-state index in [2.05, 4.69) is 6.07 Å². The average Bonchev–Trinajstić information content (AvgIpc) is 3.18. The van der Waals surface area contributed by atoms with Crippen LogP contribution in [0, 0.1) is 22.6 Å². The highest BCUT2D eigenvalue weighted by Gasteiger charge is 2.51. The molecule has 0 heterocycles. The van der Waals surface area contributed by atoms with Crippen LogP contribution in [-0.2, 0) is 11.2 Å². The second kappa shape index (κ2) is 4.77. The number of amides is 1. The third-order valence-corrected chi connectivity index (χ3v) is 3.37. The van der Waals surface area contributed by atoms with Gasteiger partial charge in [-0.05, 0) is 37.0 Å². The summed E-state index contributed by atoms with van der Waals surface area (Å²) in [4.78, 5) is 13.6. The van der Waals surface area contributed by atoms with Crippen LogP contribution in [0.4, 0.5) is 4.39 Å². The van der Waals surface area contributed by atoms with E-state index in [0.29, 0.717) is 25.8 Å². The van der Waals surface area contributed by atoms with Gasteiger partial charge in [-0.3, -0.25) is 4.79 Å². The SMILES string of the molecule is CN(CCc1ccc(F)cc1)C(=O)C1(C#N)CC1. The maximum atomic E-state index is 12.7. The van der Waals surface area contributed by atoms with Gasteiger partial charge in [-0.2, -0.15) is 5.26 Å². The normalized spacial score (nSPS) is 15.8. The maximum Gasteiger partial charge on any atom is 0.242 e. The highest BCUT2D eigenvalue weighted by Crippen LogP contribution is 2.46. The first-order chi connectivity index (χ1) is 8.57. The van der Waals surface area contributed by atoms with Crippen molar-refractivity contribution in [2.24, 2.45) is 5.41 Å². The Kier molecular flexibility index (Phi) is 3.33. The molecule has 0 unspecified atom stereocenters. The van der Waals surface area contributed by atoms with Gasteiger partial charge >= 0.3 is 0 Å². The third-order valence-electron chi connectivity index (χ3n) is 3.37. The van der Waals surface area contributed by atoms with Gasteiger partial charge in [0.1, 0.15) is 11.2 Å². The van der Waals surface area contributed by atoms with E-state index >= 15 is 0 Å². The number of nitrogens with zero attached hydrogens (tertiary/aromatic N) is 2. The van der Waals surface area contributed by atoms with Gasteiger partial charge in [0.15, 0.2) is 0 Å². The Morgan fingerprint density at radius 3 is 2.56 bits per heavy atom. The Morgan fingerprint density at radius 1 is 1.44 bits per heavy atom. The van der Waals surface area contributed by atoms with Crippen LogP contribution in [0.5, 0.6) is 0 Å². The Morgan fingerprint density at radius 2 is 2.06 bits per heavy atom. The lowest BCUT2D eigenvalue weighted by Gasteiger charge is -2.19. The molecule has 1 fully saturated rings. The van der Waals surface area contributed by atoms with Gasteiger partial charge in [0.05, 0.1) is 6.07 Å². The van der Waals surface area contributed by atoms with Gasteiger partial charge in [-0.15, -0.1) is 0 Å². The minimum absolute atomic E-state index is 0.0906. The number of carbonyl (C=O) groups is 1. The van der Waals surface area contributed by atoms with Crippen molar-refractivity contribution in [2.45, 2.75) is 19.3 Å². The lowest BCUT2D eigenvalue weighted by molar-refractivity contribution is -0.133. The number of hydrogen-bond acceptors (Lipinski definition) is 2. The summed E-state index contributed by atoms with van der Waals surface area (Å²) >= 11 is 0. The summed E-state index contributed by atoms with van der Waals surface area (Å²) in [5.41, 5.74) is 0.232. The second-order valence-corrected chi connectivity index (χ2v) is 4.80. The number of likely N-dealkylation sites (N-methyl/N-ethyl adjacent to an activating group) is 1. The zero-order valence-electron chi connectivity index (χ0n) is 10.3. The van der Waals surface area contributed by atoms with E-state index in [1.165, 1.54) is 12.1 Å². The standard InChI is InChI=1S/C14H15FN2O/c1-17(13(18)14(10-16)7-8-14)9-6-11-2-4-12(15)5-3-11/h2-5H,6-9H2,1H3. The zero-order valence-corrected chi connectivity index (χ0v) is 10.3. The maximum absolute atomic E-state index is 12.7. The number of carbonyl (C=O) groups excluding carboxylic acids is 1. The van der Waals surface area contributed by atoms with Gasteiger partial charge in [-0.1, -0.05) is 12.1 Å². The van der Waals surface area contributed by atoms with Crippen molar-refractivity contribution in [1.29, 1.82) is 5.26 Å². The predicted octanol–water partition coefficient (Wildman–Crippen LogP) is 2.13. The van der Waals surface area contributed by atoms with Gasteiger partial charge in [0, 0.05) is 13.6 Å². The number of rotatable bonds is 4. The minimum atomic E-state index is -0.752. The third kappa shape index (κ3) is 2.51. The monoisotopic (exact) mass is 246 g/mol. The molecule has 1 amide bonds. The van der Waals surface area contributed by atoms with Crippen molar-refractivity contribution < 1.29 is 9.18 Å². The first-order valence-electron chi connectivity index (χ1n) is 5.99. The van der Waals surface area contributed by atoms with Crippen LogP contribution in [0.2, 0.25) is 0 Å². The summed E-state index contributed by atoms with van der Waals surface area (Å²) in [6.45, 7) is 0.549. The Balaban J connectivity index is 1.89. The van der Waals surface area contributed by atoms with Crippen LogP contribution < -0.4 is 0 Å². The molecule has 4 heteroatoms. The average molecular weight is 246 g/mol. The fourth-order valence-electron chi connectivity index (χ4n) is 1.91. The smallest absolute Gasteiger partial charge is 0.242 e. The first-order valence-corrected chi connectivity index (χ1v) is 5.99. The number of nitriles is 1. The van der Waals surface area contributed by atoms with E-state index in [4.69, 9.17) is 5.26 Å². The molecule has 0 aromatic heterocycles. The van der Waals surface area contributed by atoms with Crippen LogP contribution in [-0.4, -0.2) is 24.4 Å². The summed E-state index contributed by atoms with van der Waals surface area (Å²) in [5, 5.41) is 8.95. The van der Waals surface area contributed by atoms with Crippen molar-refractivity contribution >= 4 is 5.91 Å². The molecule has 0 aliphatic heterocycles. The molecule has 0 atom stereocenters. The molecule has 3 nitrogen and oxygen atoms in total. The molecular formula is C14H15FN2O. The molecule has 1 saturated carbocycles. The van der Waals surface area contributed by atoms with Crippen molar-refractivity contribution in [1.82, 2.24) is 4.90 Å². The quantitative estimate of drug-likeness (QED) is 0.816. The molecule has 1 aliphatic carbocycles. The lowest BCUT2D eigenvalue weighted by atomic mass is 10.1. The van der Waals surface area contributed by atoms with Gasteiger partial charge < -0.3 is 4.90 Å². The predicted molar refractivity (Wildman–Crippen MR) is 65.0 cm³/mol. The summed E-state index contributed by atoms with van der Waals surface area (Å²) in [6, 6.07) is 8.35. The second-order valence-electron chi connectivity index (χ2n) is 4.80. The lowest BCUT2D eigenvalue weighted by Crippen LogP contribution is -2.34. The van der Waals surface area contributed by atoms with Crippen LogP contribution in [0.25, 0.3) is 0 Å².